The summed E-state index contributed by atoms with van der Waals surface area (Å²) in [7, 11) is 0. The van der Waals surface area contributed by atoms with Gasteiger partial charge in [0.1, 0.15) is 0 Å². The van der Waals surface area contributed by atoms with Gasteiger partial charge < -0.3 is 10.2 Å². The van der Waals surface area contributed by atoms with Gasteiger partial charge in [0.2, 0.25) is 5.91 Å². The molecule has 0 aromatic heterocycles. The second kappa shape index (κ2) is 9.22. The zero-order chi connectivity index (χ0) is 17.6. The third kappa shape index (κ3) is 5.75. The first-order valence-electron chi connectivity index (χ1n) is 10.5. The minimum Gasteiger partial charge on any atom is -0.351 e. The number of hydrogen-bond acceptors (Lipinski definition) is 2. The molecule has 0 aromatic rings. The van der Waals surface area contributed by atoms with Crippen molar-refractivity contribution in [2.45, 2.75) is 103 Å². The predicted molar refractivity (Wildman–Crippen MR) is 102 cm³/mol. The van der Waals surface area contributed by atoms with Crippen molar-refractivity contribution < 1.29 is 4.79 Å². The van der Waals surface area contributed by atoms with Gasteiger partial charge in [-0.1, -0.05) is 40.0 Å². The van der Waals surface area contributed by atoms with Crippen molar-refractivity contribution in [3.63, 3.8) is 0 Å². The van der Waals surface area contributed by atoms with E-state index in [-0.39, 0.29) is 11.5 Å². The molecule has 140 valence electrons. The van der Waals surface area contributed by atoms with Crippen LogP contribution in [0.5, 0.6) is 0 Å². The first-order valence-corrected chi connectivity index (χ1v) is 10.5. The van der Waals surface area contributed by atoms with E-state index in [0.717, 1.165) is 50.7 Å². The Hall–Kier alpha value is -0.570. The van der Waals surface area contributed by atoms with Crippen LogP contribution in [0.25, 0.3) is 0 Å². The van der Waals surface area contributed by atoms with Crippen LogP contribution in [-0.2, 0) is 4.79 Å². The number of rotatable bonds is 9. The van der Waals surface area contributed by atoms with E-state index in [1.807, 2.05) is 0 Å². The second-order valence-electron chi connectivity index (χ2n) is 8.98. The van der Waals surface area contributed by atoms with Crippen LogP contribution in [0.1, 0.15) is 91.9 Å². The van der Waals surface area contributed by atoms with Crippen molar-refractivity contribution in [1.29, 1.82) is 0 Å². The Bertz CT molecular complexity index is 381. The molecule has 3 heteroatoms. The maximum Gasteiger partial charge on any atom is 0.223 e. The SMILES string of the molecule is CCCC(CCCC(C)C)N1CCC(C(=O)NC2(C)CCC2)CC1. The van der Waals surface area contributed by atoms with E-state index in [0.29, 0.717) is 5.91 Å². The van der Waals surface area contributed by atoms with Crippen LogP contribution in [0.3, 0.4) is 0 Å². The van der Waals surface area contributed by atoms with Crippen LogP contribution in [0.4, 0.5) is 0 Å². The van der Waals surface area contributed by atoms with Gasteiger partial charge in [-0.05, 0) is 70.9 Å². The van der Waals surface area contributed by atoms with Gasteiger partial charge in [0.05, 0.1) is 0 Å². The van der Waals surface area contributed by atoms with Gasteiger partial charge in [0.15, 0.2) is 0 Å². The van der Waals surface area contributed by atoms with Gasteiger partial charge in [0.25, 0.3) is 0 Å². The molecule has 1 aliphatic carbocycles. The number of piperidine rings is 1. The van der Waals surface area contributed by atoms with Crippen molar-refractivity contribution in [2.75, 3.05) is 13.1 Å². The van der Waals surface area contributed by atoms with Crippen LogP contribution >= 0.6 is 0 Å². The Morgan fingerprint density at radius 3 is 2.33 bits per heavy atom. The van der Waals surface area contributed by atoms with Crippen LogP contribution in [-0.4, -0.2) is 35.5 Å². The molecule has 1 amide bonds. The largest absolute Gasteiger partial charge is 0.351 e. The molecule has 1 saturated carbocycles. The lowest BCUT2D eigenvalue weighted by Crippen LogP contribution is -2.54. The number of carbonyl (C=O) groups is 1. The molecule has 1 heterocycles. The summed E-state index contributed by atoms with van der Waals surface area (Å²) in [6.45, 7) is 11.4. The highest BCUT2D eigenvalue weighted by Gasteiger charge is 2.36. The summed E-state index contributed by atoms with van der Waals surface area (Å²) in [4.78, 5) is 15.2. The molecule has 0 spiro atoms. The minimum absolute atomic E-state index is 0.107. The van der Waals surface area contributed by atoms with E-state index in [1.54, 1.807) is 0 Å². The Morgan fingerprint density at radius 2 is 1.83 bits per heavy atom. The van der Waals surface area contributed by atoms with Crippen molar-refractivity contribution in [3.8, 4) is 0 Å². The van der Waals surface area contributed by atoms with Crippen LogP contribution < -0.4 is 5.32 Å². The Kier molecular flexibility index (Phi) is 7.59. The summed E-state index contributed by atoms with van der Waals surface area (Å²) in [6, 6.07) is 0.738. The quantitative estimate of drug-likeness (QED) is 0.659. The van der Waals surface area contributed by atoms with Crippen LogP contribution in [0.15, 0.2) is 0 Å². The maximum absolute atomic E-state index is 12.5. The molecule has 0 aromatic carbocycles. The first-order chi connectivity index (χ1) is 11.4. The molecule has 1 N–H and O–H groups in total. The average Bonchev–Trinajstić information content (AvgIpc) is 2.52. The molecule has 24 heavy (non-hydrogen) atoms. The summed E-state index contributed by atoms with van der Waals surface area (Å²) < 4.78 is 0. The number of nitrogens with one attached hydrogen (secondary N) is 1. The normalized spacial score (nSPS) is 23.0. The minimum atomic E-state index is 0.107. The van der Waals surface area contributed by atoms with Crippen LogP contribution in [0, 0.1) is 11.8 Å². The van der Waals surface area contributed by atoms with Crippen molar-refractivity contribution >= 4 is 5.91 Å². The standard InChI is InChI=1S/C21H40N2O/c1-5-8-19(10-6-9-17(2)3)23-15-11-18(12-16-23)20(24)22-21(4)13-7-14-21/h17-19H,5-16H2,1-4H3,(H,22,24). The second-order valence-corrected chi connectivity index (χ2v) is 8.98. The van der Waals surface area contributed by atoms with Crippen molar-refractivity contribution in [2.24, 2.45) is 11.8 Å². The lowest BCUT2D eigenvalue weighted by molar-refractivity contribution is -0.129. The Morgan fingerprint density at radius 1 is 1.17 bits per heavy atom. The lowest BCUT2D eigenvalue weighted by atomic mass is 9.78. The molecule has 2 aliphatic rings. The zero-order valence-electron chi connectivity index (χ0n) is 16.6. The van der Waals surface area contributed by atoms with Gasteiger partial charge >= 0.3 is 0 Å². The van der Waals surface area contributed by atoms with Crippen LogP contribution in [0.2, 0.25) is 0 Å². The average molecular weight is 337 g/mol. The molecule has 1 atom stereocenters. The van der Waals surface area contributed by atoms with E-state index >= 15 is 0 Å². The predicted octanol–water partition coefficient (Wildman–Crippen LogP) is 4.75. The fraction of sp³-hybridized carbons (Fsp3) is 0.952. The topological polar surface area (TPSA) is 32.3 Å². The summed E-state index contributed by atoms with van der Waals surface area (Å²) in [5.41, 5.74) is 0.107. The molecule has 1 aliphatic heterocycles. The third-order valence-corrected chi connectivity index (χ3v) is 6.24. The molecule has 0 radical (unpaired) electrons. The number of nitrogens with zero attached hydrogens (tertiary/aromatic N) is 1. The highest BCUT2D eigenvalue weighted by molar-refractivity contribution is 5.79. The monoisotopic (exact) mass is 336 g/mol. The summed E-state index contributed by atoms with van der Waals surface area (Å²) in [5.74, 6) is 1.38. The molecular formula is C21H40N2O. The number of hydrogen-bond donors (Lipinski definition) is 1. The van der Waals surface area contributed by atoms with E-state index in [9.17, 15) is 4.79 Å². The fourth-order valence-electron chi connectivity index (χ4n) is 4.36. The molecular weight excluding hydrogens is 296 g/mol. The smallest absolute Gasteiger partial charge is 0.223 e. The van der Waals surface area contributed by atoms with E-state index < -0.39 is 0 Å². The first kappa shape index (κ1) is 19.8. The fourth-order valence-corrected chi connectivity index (χ4v) is 4.36. The maximum atomic E-state index is 12.5. The highest BCUT2D eigenvalue weighted by atomic mass is 16.2. The van der Waals surface area contributed by atoms with E-state index in [1.165, 1.54) is 38.5 Å². The summed E-state index contributed by atoms with van der Waals surface area (Å²) in [5, 5.41) is 3.32. The van der Waals surface area contributed by atoms with Gasteiger partial charge in [0, 0.05) is 17.5 Å². The lowest BCUT2D eigenvalue weighted by Gasteiger charge is -2.42. The molecule has 2 rings (SSSR count). The molecule has 2 fully saturated rings. The number of likely N-dealkylation sites (tertiary alicyclic amines) is 1. The third-order valence-electron chi connectivity index (χ3n) is 6.24. The molecule has 1 saturated heterocycles. The summed E-state index contributed by atoms with van der Waals surface area (Å²) in [6.07, 6.45) is 12.3. The Balaban J connectivity index is 1.75. The number of amides is 1. The van der Waals surface area contributed by atoms with Gasteiger partial charge in [-0.3, -0.25) is 4.79 Å². The molecule has 1 unspecified atom stereocenters. The van der Waals surface area contributed by atoms with Gasteiger partial charge in [-0.2, -0.15) is 0 Å². The molecule has 0 bridgehead atoms. The van der Waals surface area contributed by atoms with Gasteiger partial charge in [-0.15, -0.1) is 0 Å². The molecule has 3 nitrogen and oxygen atoms in total. The van der Waals surface area contributed by atoms with E-state index in [4.69, 9.17) is 0 Å². The van der Waals surface area contributed by atoms with E-state index in [2.05, 4.69) is 37.9 Å². The summed E-state index contributed by atoms with van der Waals surface area (Å²) >= 11 is 0. The van der Waals surface area contributed by atoms with Crippen molar-refractivity contribution in [1.82, 2.24) is 10.2 Å². The van der Waals surface area contributed by atoms with Crippen molar-refractivity contribution in [3.05, 3.63) is 0 Å². The highest BCUT2D eigenvalue weighted by Crippen LogP contribution is 2.32. The zero-order valence-corrected chi connectivity index (χ0v) is 16.6. The van der Waals surface area contributed by atoms with Gasteiger partial charge in [-0.25, -0.2) is 0 Å². The Labute approximate surface area is 149 Å². The number of carbonyl (C=O) groups excluding carboxylic acids is 1.